The predicted octanol–water partition coefficient (Wildman–Crippen LogP) is -0.370. The summed E-state index contributed by atoms with van der Waals surface area (Å²) in [5, 5.41) is 5.74. The second kappa shape index (κ2) is 7.77. The van der Waals surface area contributed by atoms with Crippen LogP contribution in [0.15, 0.2) is 0 Å². The number of nitrogens with zero attached hydrogens (tertiary/aromatic N) is 1. The molecule has 7 nitrogen and oxygen atoms in total. The Kier molecular flexibility index (Phi) is 5.98. The standard InChI is InChI=1S/C16H28N4O3/c1-3-10-17-13(21)11-19(2)12-20-14(22)16(18-15(20)23)8-6-4-5-7-9-16/h3-12H2,1-2H3,(H,17,21)(H,18,23)/p+1. The van der Waals surface area contributed by atoms with Crippen LogP contribution in [0.3, 0.4) is 0 Å². The summed E-state index contributed by atoms with van der Waals surface area (Å²) >= 11 is 0. The summed E-state index contributed by atoms with van der Waals surface area (Å²) in [6.45, 7) is 3.13. The molecule has 4 amide bonds. The molecule has 1 saturated heterocycles. The zero-order valence-corrected chi connectivity index (χ0v) is 14.2. The number of hydrogen-bond acceptors (Lipinski definition) is 3. The van der Waals surface area contributed by atoms with Crippen LogP contribution in [0.4, 0.5) is 4.79 Å². The molecule has 0 bridgehead atoms. The Morgan fingerprint density at radius 1 is 1.26 bits per heavy atom. The van der Waals surface area contributed by atoms with E-state index in [1.165, 1.54) is 4.90 Å². The second-order valence-corrected chi connectivity index (χ2v) is 6.80. The molecule has 2 rings (SSSR count). The van der Waals surface area contributed by atoms with Crippen molar-refractivity contribution in [3.8, 4) is 0 Å². The first-order valence-electron chi connectivity index (χ1n) is 8.70. The zero-order valence-electron chi connectivity index (χ0n) is 14.2. The minimum Gasteiger partial charge on any atom is -0.351 e. The van der Waals surface area contributed by atoms with E-state index in [9.17, 15) is 14.4 Å². The van der Waals surface area contributed by atoms with Crippen LogP contribution >= 0.6 is 0 Å². The molecule has 0 aromatic rings. The molecule has 23 heavy (non-hydrogen) atoms. The molecule has 7 heteroatoms. The van der Waals surface area contributed by atoms with Crippen molar-refractivity contribution in [3.05, 3.63) is 0 Å². The average molecular weight is 325 g/mol. The molecule has 0 radical (unpaired) electrons. The summed E-state index contributed by atoms with van der Waals surface area (Å²) < 4.78 is 0. The normalized spacial score (nSPS) is 21.9. The Bertz CT molecular complexity index is 458. The summed E-state index contributed by atoms with van der Waals surface area (Å²) in [6.07, 6.45) is 6.53. The minimum absolute atomic E-state index is 0.0550. The first kappa shape index (κ1) is 17.7. The number of imide groups is 1. The highest BCUT2D eigenvalue weighted by atomic mass is 16.2. The summed E-state index contributed by atoms with van der Waals surface area (Å²) in [4.78, 5) is 38.9. The third kappa shape index (κ3) is 4.22. The maximum absolute atomic E-state index is 12.8. The smallest absolute Gasteiger partial charge is 0.329 e. The van der Waals surface area contributed by atoms with Crippen LogP contribution in [-0.4, -0.2) is 55.1 Å². The van der Waals surface area contributed by atoms with E-state index in [0.29, 0.717) is 6.54 Å². The fourth-order valence-corrected chi connectivity index (χ4v) is 3.42. The maximum atomic E-state index is 12.8. The lowest BCUT2D eigenvalue weighted by Crippen LogP contribution is -3.12. The summed E-state index contributed by atoms with van der Waals surface area (Å²) in [6, 6.07) is -0.315. The lowest BCUT2D eigenvalue weighted by molar-refractivity contribution is -0.879. The minimum atomic E-state index is -0.696. The van der Waals surface area contributed by atoms with E-state index >= 15 is 0 Å². The number of amides is 4. The van der Waals surface area contributed by atoms with Gasteiger partial charge in [-0.3, -0.25) is 9.59 Å². The van der Waals surface area contributed by atoms with Crippen molar-refractivity contribution in [1.82, 2.24) is 15.5 Å². The van der Waals surface area contributed by atoms with E-state index in [2.05, 4.69) is 10.6 Å². The van der Waals surface area contributed by atoms with Gasteiger partial charge in [0.2, 0.25) is 0 Å². The molecule has 1 spiro atoms. The number of hydrogen-bond donors (Lipinski definition) is 3. The van der Waals surface area contributed by atoms with Crippen LogP contribution in [0.2, 0.25) is 0 Å². The van der Waals surface area contributed by atoms with E-state index in [1.807, 2.05) is 14.0 Å². The molecule has 0 aromatic heterocycles. The van der Waals surface area contributed by atoms with Crippen LogP contribution in [0.5, 0.6) is 0 Å². The Labute approximate surface area is 137 Å². The Morgan fingerprint density at radius 3 is 2.52 bits per heavy atom. The number of quaternary nitrogens is 1. The van der Waals surface area contributed by atoms with Gasteiger partial charge in [0, 0.05) is 6.54 Å². The SMILES string of the molecule is CCCNC(=O)C[NH+](C)CN1C(=O)NC2(CCCCCC2)C1=O. The van der Waals surface area contributed by atoms with Crippen molar-refractivity contribution in [2.75, 3.05) is 26.8 Å². The number of urea groups is 1. The van der Waals surface area contributed by atoms with Crippen molar-refractivity contribution >= 4 is 17.8 Å². The van der Waals surface area contributed by atoms with Gasteiger partial charge in [0.15, 0.2) is 13.2 Å². The van der Waals surface area contributed by atoms with Gasteiger partial charge in [-0.05, 0) is 19.3 Å². The van der Waals surface area contributed by atoms with Crippen LogP contribution in [0, 0.1) is 0 Å². The third-order valence-electron chi connectivity index (χ3n) is 4.67. The van der Waals surface area contributed by atoms with Crippen LogP contribution in [0.1, 0.15) is 51.9 Å². The monoisotopic (exact) mass is 325 g/mol. The summed E-state index contributed by atoms with van der Waals surface area (Å²) in [7, 11) is 1.82. The van der Waals surface area contributed by atoms with Gasteiger partial charge >= 0.3 is 6.03 Å². The molecular weight excluding hydrogens is 296 g/mol. The topological polar surface area (TPSA) is 82.9 Å². The first-order valence-corrected chi connectivity index (χ1v) is 8.70. The molecule has 2 fully saturated rings. The number of nitrogens with one attached hydrogen (secondary N) is 3. The van der Waals surface area contributed by atoms with Gasteiger partial charge in [-0.25, -0.2) is 9.69 Å². The van der Waals surface area contributed by atoms with E-state index in [1.54, 1.807) is 0 Å². The summed E-state index contributed by atoms with van der Waals surface area (Å²) in [5.41, 5.74) is -0.696. The Balaban J connectivity index is 1.93. The number of carbonyl (C=O) groups excluding carboxylic acids is 3. The van der Waals surface area contributed by atoms with E-state index in [4.69, 9.17) is 0 Å². The number of rotatable bonds is 6. The number of likely N-dealkylation sites (N-methyl/N-ethyl adjacent to an activating group) is 1. The predicted molar refractivity (Wildman–Crippen MR) is 85.7 cm³/mol. The van der Waals surface area contributed by atoms with E-state index < -0.39 is 5.54 Å². The summed E-state index contributed by atoms with van der Waals surface area (Å²) in [5.74, 6) is -0.168. The highest BCUT2D eigenvalue weighted by molar-refractivity contribution is 6.06. The first-order chi connectivity index (χ1) is 11.0. The van der Waals surface area contributed by atoms with Crippen LogP contribution in [-0.2, 0) is 9.59 Å². The third-order valence-corrected chi connectivity index (χ3v) is 4.67. The fraction of sp³-hybridized carbons (Fsp3) is 0.812. The van der Waals surface area contributed by atoms with E-state index in [0.717, 1.165) is 49.8 Å². The van der Waals surface area contributed by atoms with Crippen molar-refractivity contribution in [1.29, 1.82) is 0 Å². The van der Waals surface area contributed by atoms with Crippen molar-refractivity contribution in [2.45, 2.75) is 57.4 Å². The molecule has 1 unspecified atom stereocenters. The molecule has 130 valence electrons. The van der Waals surface area contributed by atoms with E-state index in [-0.39, 0.29) is 31.1 Å². The molecule has 0 aromatic carbocycles. The zero-order chi connectivity index (χ0) is 16.9. The number of carbonyl (C=O) groups is 3. The Hall–Kier alpha value is -1.63. The lowest BCUT2D eigenvalue weighted by atomic mass is 9.90. The molecule has 1 aliphatic heterocycles. The molecule has 2 aliphatic rings. The van der Waals surface area contributed by atoms with Crippen molar-refractivity contribution < 1.29 is 19.3 Å². The fourth-order valence-electron chi connectivity index (χ4n) is 3.42. The van der Waals surface area contributed by atoms with Crippen molar-refractivity contribution in [3.63, 3.8) is 0 Å². The quantitative estimate of drug-likeness (QED) is 0.583. The van der Waals surface area contributed by atoms with Gasteiger partial charge < -0.3 is 15.5 Å². The van der Waals surface area contributed by atoms with Gasteiger partial charge in [-0.1, -0.05) is 32.6 Å². The molecular formula is C16H29N4O3+. The van der Waals surface area contributed by atoms with Crippen LogP contribution < -0.4 is 15.5 Å². The van der Waals surface area contributed by atoms with Gasteiger partial charge in [-0.15, -0.1) is 0 Å². The maximum Gasteiger partial charge on any atom is 0.329 e. The average Bonchev–Trinajstić information content (AvgIpc) is 2.69. The largest absolute Gasteiger partial charge is 0.351 e. The highest BCUT2D eigenvalue weighted by Gasteiger charge is 2.51. The molecule has 1 aliphatic carbocycles. The molecule has 1 atom stereocenters. The van der Waals surface area contributed by atoms with Gasteiger partial charge in [0.25, 0.3) is 11.8 Å². The van der Waals surface area contributed by atoms with Crippen molar-refractivity contribution in [2.24, 2.45) is 0 Å². The molecule has 3 N–H and O–H groups in total. The van der Waals surface area contributed by atoms with Crippen LogP contribution in [0.25, 0.3) is 0 Å². The Morgan fingerprint density at radius 2 is 1.91 bits per heavy atom. The molecule has 1 saturated carbocycles. The highest BCUT2D eigenvalue weighted by Crippen LogP contribution is 2.32. The van der Waals surface area contributed by atoms with Gasteiger partial charge in [0.05, 0.1) is 7.05 Å². The second-order valence-electron chi connectivity index (χ2n) is 6.80. The van der Waals surface area contributed by atoms with Gasteiger partial charge in [0.1, 0.15) is 5.54 Å². The van der Waals surface area contributed by atoms with Gasteiger partial charge in [-0.2, -0.15) is 0 Å². The molecule has 1 heterocycles. The lowest BCUT2D eigenvalue weighted by Gasteiger charge is -2.25.